The van der Waals surface area contributed by atoms with E-state index in [4.69, 9.17) is 16.3 Å². The summed E-state index contributed by atoms with van der Waals surface area (Å²) in [6.07, 6.45) is 5.55. The van der Waals surface area contributed by atoms with Gasteiger partial charge in [0.05, 0.1) is 19.3 Å². The molecule has 0 saturated carbocycles. The van der Waals surface area contributed by atoms with Crippen LogP contribution in [0.2, 0.25) is 0 Å². The fourth-order valence-electron chi connectivity index (χ4n) is 1.74. The van der Waals surface area contributed by atoms with E-state index in [0.29, 0.717) is 6.42 Å². The summed E-state index contributed by atoms with van der Waals surface area (Å²) >= 11 is 0. The number of urea groups is 1. The fraction of sp³-hybridized carbons (Fsp3) is 0.667. The number of rotatable bonds is 4. The van der Waals surface area contributed by atoms with E-state index in [0.717, 1.165) is 0 Å². The van der Waals surface area contributed by atoms with Crippen LogP contribution < -0.4 is 10.6 Å². The number of carboxylic acids is 1. The van der Waals surface area contributed by atoms with Crippen molar-refractivity contribution >= 4 is 12.0 Å². The molecule has 1 fully saturated rings. The first kappa shape index (κ1) is 14.3. The van der Waals surface area contributed by atoms with Gasteiger partial charge in [0.25, 0.3) is 0 Å². The van der Waals surface area contributed by atoms with E-state index < -0.39 is 23.5 Å². The van der Waals surface area contributed by atoms with Crippen molar-refractivity contribution in [2.75, 3.05) is 13.2 Å². The van der Waals surface area contributed by atoms with Crippen LogP contribution in [0.5, 0.6) is 0 Å². The van der Waals surface area contributed by atoms with Crippen LogP contribution in [0.3, 0.4) is 0 Å². The Bertz CT molecular complexity index is 377. The van der Waals surface area contributed by atoms with Gasteiger partial charge in [0.1, 0.15) is 5.41 Å². The lowest BCUT2D eigenvalue weighted by atomic mass is 9.85. The molecule has 1 aliphatic heterocycles. The number of ether oxygens (including phenoxy) is 1. The normalized spacial score (nSPS) is 28.2. The maximum absolute atomic E-state index is 11.7. The number of nitrogens with one attached hydrogen (secondary N) is 2. The van der Waals surface area contributed by atoms with Crippen LogP contribution in [0.25, 0.3) is 0 Å². The van der Waals surface area contributed by atoms with Gasteiger partial charge in [-0.1, -0.05) is 0 Å². The smallest absolute Gasteiger partial charge is 0.315 e. The molecule has 1 heterocycles. The zero-order chi connectivity index (χ0) is 13.8. The number of hydrogen-bond acceptors (Lipinski definition) is 3. The number of amides is 2. The van der Waals surface area contributed by atoms with Crippen molar-refractivity contribution in [3.63, 3.8) is 0 Å². The number of hydrogen-bond donors (Lipinski definition) is 3. The van der Waals surface area contributed by atoms with Gasteiger partial charge in [0, 0.05) is 12.5 Å². The third-order valence-corrected chi connectivity index (χ3v) is 3.05. The number of carboxylic acid groups (broad SMARTS) is 1. The van der Waals surface area contributed by atoms with Gasteiger partial charge >= 0.3 is 12.0 Å². The highest BCUT2D eigenvalue weighted by atomic mass is 16.5. The van der Waals surface area contributed by atoms with Crippen molar-refractivity contribution in [2.24, 2.45) is 5.41 Å². The van der Waals surface area contributed by atoms with Crippen molar-refractivity contribution < 1.29 is 19.4 Å². The van der Waals surface area contributed by atoms with Crippen LogP contribution in [0.4, 0.5) is 4.79 Å². The van der Waals surface area contributed by atoms with Crippen LogP contribution in [0.15, 0.2) is 0 Å². The minimum atomic E-state index is -1.09. The van der Waals surface area contributed by atoms with E-state index in [1.807, 2.05) is 0 Å². The van der Waals surface area contributed by atoms with Gasteiger partial charge < -0.3 is 20.5 Å². The van der Waals surface area contributed by atoms with Crippen molar-refractivity contribution in [3.8, 4) is 12.3 Å². The lowest BCUT2D eigenvalue weighted by Gasteiger charge is -2.26. The molecule has 18 heavy (non-hydrogen) atoms. The predicted octanol–water partition coefficient (Wildman–Crippen LogP) is 0.187. The highest BCUT2D eigenvalue weighted by Gasteiger charge is 2.47. The molecular formula is C12H18N2O4. The molecule has 0 aliphatic carbocycles. The molecule has 6 heteroatoms. The summed E-state index contributed by atoms with van der Waals surface area (Å²) in [6, 6.07) is -1.14. The van der Waals surface area contributed by atoms with Gasteiger partial charge in [0.2, 0.25) is 0 Å². The van der Waals surface area contributed by atoms with Crippen LogP contribution in [0.1, 0.15) is 20.3 Å². The standard InChI is InChI=1S/C12H18N2O4/c1-4-5-8(2)13-11(17)14-9-6-18-7-12(9,3)10(15)16/h1,8-9H,5-7H2,2-3H3,(H,15,16)(H2,13,14,17). The number of aliphatic carboxylic acids is 1. The molecule has 1 aliphatic rings. The number of terminal acetylenes is 1. The van der Waals surface area contributed by atoms with Crippen molar-refractivity contribution in [1.29, 1.82) is 0 Å². The topological polar surface area (TPSA) is 87.7 Å². The Kier molecular flexibility index (Phi) is 4.56. The summed E-state index contributed by atoms with van der Waals surface area (Å²) in [5.74, 6) is 1.46. The van der Waals surface area contributed by atoms with E-state index in [9.17, 15) is 9.59 Å². The molecule has 0 spiro atoms. The summed E-state index contributed by atoms with van der Waals surface area (Å²) in [4.78, 5) is 22.8. The fourth-order valence-corrected chi connectivity index (χ4v) is 1.74. The minimum absolute atomic E-state index is 0.0905. The Morgan fingerprint density at radius 3 is 2.89 bits per heavy atom. The van der Waals surface area contributed by atoms with Crippen LogP contribution in [-0.2, 0) is 9.53 Å². The lowest BCUT2D eigenvalue weighted by Crippen LogP contribution is -2.53. The molecule has 6 nitrogen and oxygen atoms in total. The van der Waals surface area contributed by atoms with E-state index in [2.05, 4.69) is 16.6 Å². The van der Waals surface area contributed by atoms with Crippen LogP contribution in [-0.4, -0.2) is 42.4 Å². The van der Waals surface area contributed by atoms with E-state index in [-0.39, 0.29) is 19.3 Å². The van der Waals surface area contributed by atoms with Crippen LogP contribution in [0, 0.1) is 17.8 Å². The number of carbonyl (C=O) groups excluding carboxylic acids is 1. The molecule has 0 aromatic carbocycles. The second kappa shape index (κ2) is 5.74. The van der Waals surface area contributed by atoms with Crippen molar-refractivity contribution in [2.45, 2.75) is 32.4 Å². The van der Waals surface area contributed by atoms with Gasteiger partial charge in [0.15, 0.2) is 0 Å². The molecule has 100 valence electrons. The summed E-state index contributed by atoms with van der Waals surface area (Å²) < 4.78 is 5.13. The minimum Gasteiger partial charge on any atom is -0.481 e. The Morgan fingerprint density at radius 2 is 2.33 bits per heavy atom. The molecule has 0 aromatic heterocycles. The van der Waals surface area contributed by atoms with Gasteiger partial charge in [-0.05, 0) is 13.8 Å². The quantitative estimate of drug-likeness (QED) is 0.625. The molecular weight excluding hydrogens is 236 g/mol. The highest BCUT2D eigenvalue weighted by Crippen LogP contribution is 2.28. The monoisotopic (exact) mass is 254 g/mol. The van der Waals surface area contributed by atoms with E-state index in [1.165, 1.54) is 0 Å². The molecule has 0 radical (unpaired) electrons. The molecule has 3 N–H and O–H groups in total. The molecule has 2 amide bonds. The average Bonchev–Trinajstić information content (AvgIpc) is 2.61. The Balaban J connectivity index is 2.54. The third-order valence-electron chi connectivity index (χ3n) is 3.05. The van der Waals surface area contributed by atoms with Crippen molar-refractivity contribution in [3.05, 3.63) is 0 Å². The van der Waals surface area contributed by atoms with Crippen LogP contribution >= 0.6 is 0 Å². The third kappa shape index (κ3) is 3.14. The summed E-state index contributed by atoms with van der Waals surface area (Å²) in [6.45, 7) is 3.62. The average molecular weight is 254 g/mol. The first-order valence-electron chi connectivity index (χ1n) is 5.71. The van der Waals surface area contributed by atoms with Gasteiger partial charge in [-0.2, -0.15) is 0 Å². The Hall–Kier alpha value is -1.74. The molecule has 3 unspecified atom stereocenters. The van der Waals surface area contributed by atoms with Crippen molar-refractivity contribution in [1.82, 2.24) is 10.6 Å². The zero-order valence-electron chi connectivity index (χ0n) is 10.5. The summed E-state index contributed by atoms with van der Waals surface area (Å²) in [5.41, 5.74) is -1.09. The lowest BCUT2D eigenvalue weighted by molar-refractivity contribution is -0.148. The van der Waals surface area contributed by atoms with Gasteiger partial charge in [-0.15, -0.1) is 12.3 Å². The van der Waals surface area contributed by atoms with E-state index in [1.54, 1.807) is 13.8 Å². The predicted molar refractivity (Wildman–Crippen MR) is 64.9 cm³/mol. The maximum atomic E-state index is 11.7. The first-order valence-corrected chi connectivity index (χ1v) is 5.71. The SMILES string of the molecule is C#CCC(C)NC(=O)NC1COCC1(C)C(=O)O. The summed E-state index contributed by atoms with van der Waals surface area (Å²) in [7, 11) is 0. The Morgan fingerprint density at radius 1 is 1.67 bits per heavy atom. The molecule has 1 rings (SSSR count). The largest absolute Gasteiger partial charge is 0.481 e. The second-order valence-corrected chi connectivity index (χ2v) is 4.72. The maximum Gasteiger partial charge on any atom is 0.315 e. The Labute approximate surface area is 106 Å². The second-order valence-electron chi connectivity index (χ2n) is 4.72. The highest BCUT2D eigenvalue weighted by molar-refractivity contribution is 5.79. The summed E-state index contributed by atoms with van der Waals surface area (Å²) in [5, 5.41) is 14.4. The van der Waals surface area contributed by atoms with E-state index >= 15 is 0 Å². The molecule has 0 aromatic rings. The van der Waals surface area contributed by atoms with Gasteiger partial charge in [-0.3, -0.25) is 4.79 Å². The van der Waals surface area contributed by atoms with Gasteiger partial charge in [-0.25, -0.2) is 4.79 Å². The molecule has 0 bridgehead atoms. The molecule has 3 atom stereocenters. The first-order chi connectivity index (χ1) is 8.40. The molecule has 1 saturated heterocycles. The zero-order valence-corrected chi connectivity index (χ0v) is 10.5. The number of carbonyl (C=O) groups is 2.